The van der Waals surface area contributed by atoms with Gasteiger partial charge in [0.1, 0.15) is 12.1 Å². The smallest absolute Gasteiger partial charge is 0.242 e. The minimum Gasteiger partial charge on any atom is -0.373 e. The second-order valence-corrected chi connectivity index (χ2v) is 5.78. The second kappa shape index (κ2) is 7.91. The van der Waals surface area contributed by atoms with Crippen LogP contribution in [-0.2, 0) is 4.79 Å². The van der Waals surface area contributed by atoms with Gasteiger partial charge in [-0.15, -0.1) is 0 Å². The highest BCUT2D eigenvalue weighted by atomic mass is 79.9. The predicted octanol–water partition coefficient (Wildman–Crippen LogP) is 3.43. The van der Waals surface area contributed by atoms with E-state index in [-0.39, 0.29) is 18.0 Å². The van der Waals surface area contributed by atoms with Crippen molar-refractivity contribution in [2.24, 2.45) is 0 Å². The summed E-state index contributed by atoms with van der Waals surface area (Å²) in [4.78, 5) is 12.0. The minimum atomic E-state index is -0.386. The third kappa shape index (κ3) is 4.86. The topological polar surface area (TPSA) is 64.9 Å². The molecule has 0 radical (unpaired) electrons. The summed E-state index contributed by atoms with van der Waals surface area (Å²) in [6, 6.07) is 7.26. The molecule has 4 nitrogen and oxygen atoms in total. The quantitative estimate of drug-likeness (QED) is 0.835. The van der Waals surface area contributed by atoms with Gasteiger partial charge in [0.2, 0.25) is 5.91 Å². The number of anilines is 1. The van der Waals surface area contributed by atoms with E-state index in [4.69, 9.17) is 5.26 Å². The van der Waals surface area contributed by atoms with Crippen molar-refractivity contribution in [1.82, 2.24) is 5.32 Å². The Morgan fingerprint density at radius 1 is 1.45 bits per heavy atom. The van der Waals surface area contributed by atoms with E-state index in [0.29, 0.717) is 11.3 Å². The number of amides is 1. The lowest BCUT2D eigenvalue weighted by Crippen LogP contribution is -2.42. The SMILES string of the molecule is CCCC(C)NC(=O)C(C)Nc1ccc(Br)cc1C#N. The lowest BCUT2D eigenvalue weighted by molar-refractivity contribution is -0.122. The molecule has 0 saturated heterocycles. The van der Waals surface area contributed by atoms with Crippen LogP contribution >= 0.6 is 15.9 Å². The first kappa shape index (κ1) is 16.5. The number of nitriles is 1. The van der Waals surface area contributed by atoms with Gasteiger partial charge < -0.3 is 10.6 Å². The molecule has 0 fully saturated rings. The highest BCUT2D eigenvalue weighted by Crippen LogP contribution is 2.20. The number of carbonyl (C=O) groups is 1. The van der Waals surface area contributed by atoms with Crippen LogP contribution in [0, 0.1) is 11.3 Å². The molecule has 0 heterocycles. The molecule has 2 N–H and O–H groups in total. The molecule has 0 aliphatic carbocycles. The van der Waals surface area contributed by atoms with E-state index in [0.717, 1.165) is 17.3 Å². The first-order chi connectivity index (χ1) is 9.47. The standard InChI is InChI=1S/C15H20BrN3O/c1-4-5-10(2)18-15(20)11(3)19-14-7-6-13(16)8-12(14)9-17/h6-8,10-11,19H,4-5H2,1-3H3,(H,18,20). The van der Waals surface area contributed by atoms with Crippen LogP contribution in [0.5, 0.6) is 0 Å². The fraction of sp³-hybridized carbons (Fsp3) is 0.467. The molecule has 0 aromatic heterocycles. The number of nitrogens with zero attached hydrogens (tertiary/aromatic N) is 1. The number of carbonyl (C=O) groups excluding carboxylic acids is 1. The third-order valence-corrected chi connectivity index (χ3v) is 3.47. The van der Waals surface area contributed by atoms with Crippen molar-refractivity contribution in [1.29, 1.82) is 5.26 Å². The van der Waals surface area contributed by atoms with Gasteiger partial charge in [0.15, 0.2) is 0 Å². The molecule has 1 aromatic rings. The Kier molecular flexibility index (Phi) is 6.53. The zero-order valence-electron chi connectivity index (χ0n) is 12.0. The van der Waals surface area contributed by atoms with Gasteiger partial charge >= 0.3 is 0 Å². The minimum absolute atomic E-state index is 0.0576. The lowest BCUT2D eigenvalue weighted by Gasteiger charge is -2.19. The summed E-state index contributed by atoms with van der Waals surface area (Å²) in [6.07, 6.45) is 1.99. The highest BCUT2D eigenvalue weighted by Gasteiger charge is 2.16. The number of hydrogen-bond donors (Lipinski definition) is 2. The van der Waals surface area contributed by atoms with Crippen LogP contribution in [-0.4, -0.2) is 18.0 Å². The van der Waals surface area contributed by atoms with E-state index in [1.165, 1.54) is 0 Å². The molecular weight excluding hydrogens is 318 g/mol. The van der Waals surface area contributed by atoms with Crippen molar-refractivity contribution in [2.45, 2.75) is 45.7 Å². The molecule has 1 rings (SSSR count). The second-order valence-electron chi connectivity index (χ2n) is 4.87. The van der Waals surface area contributed by atoms with Gasteiger partial charge in [-0.1, -0.05) is 29.3 Å². The molecule has 2 atom stereocenters. The van der Waals surface area contributed by atoms with E-state index in [1.807, 2.05) is 13.0 Å². The summed E-state index contributed by atoms with van der Waals surface area (Å²) in [5.41, 5.74) is 1.18. The number of rotatable bonds is 6. The summed E-state index contributed by atoms with van der Waals surface area (Å²) in [5.74, 6) is -0.0576. The van der Waals surface area contributed by atoms with E-state index >= 15 is 0 Å². The predicted molar refractivity (Wildman–Crippen MR) is 84.5 cm³/mol. The highest BCUT2D eigenvalue weighted by molar-refractivity contribution is 9.10. The maximum Gasteiger partial charge on any atom is 0.242 e. The van der Waals surface area contributed by atoms with Gasteiger partial charge in [0.05, 0.1) is 11.3 Å². The van der Waals surface area contributed by atoms with Crippen molar-refractivity contribution in [3.63, 3.8) is 0 Å². The van der Waals surface area contributed by atoms with Crippen molar-refractivity contribution in [3.8, 4) is 6.07 Å². The monoisotopic (exact) mass is 337 g/mol. The summed E-state index contributed by atoms with van der Waals surface area (Å²) in [5, 5.41) is 15.1. The summed E-state index contributed by atoms with van der Waals surface area (Å²) in [6.45, 7) is 5.87. The van der Waals surface area contributed by atoms with Crippen molar-refractivity contribution in [3.05, 3.63) is 28.2 Å². The molecular formula is C15H20BrN3O. The average molecular weight is 338 g/mol. The van der Waals surface area contributed by atoms with Gasteiger partial charge in [-0.2, -0.15) is 5.26 Å². The Labute approximate surface area is 128 Å². The molecule has 20 heavy (non-hydrogen) atoms. The molecule has 0 spiro atoms. The molecule has 1 aromatic carbocycles. The Hall–Kier alpha value is -1.54. The van der Waals surface area contributed by atoms with Gasteiger partial charge in [-0.25, -0.2) is 0 Å². The van der Waals surface area contributed by atoms with E-state index in [1.54, 1.807) is 19.1 Å². The average Bonchev–Trinajstić information content (AvgIpc) is 2.40. The van der Waals surface area contributed by atoms with E-state index in [9.17, 15) is 4.79 Å². The van der Waals surface area contributed by atoms with Crippen LogP contribution < -0.4 is 10.6 Å². The van der Waals surface area contributed by atoms with Gasteiger partial charge in [0.25, 0.3) is 0 Å². The normalized spacial score (nSPS) is 13.2. The number of halogens is 1. The molecule has 2 unspecified atom stereocenters. The zero-order chi connectivity index (χ0) is 15.1. The lowest BCUT2D eigenvalue weighted by atomic mass is 10.1. The van der Waals surface area contributed by atoms with Crippen LogP contribution in [0.2, 0.25) is 0 Å². The molecule has 0 aliphatic rings. The Morgan fingerprint density at radius 2 is 2.15 bits per heavy atom. The molecule has 108 valence electrons. The first-order valence-electron chi connectivity index (χ1n) is 6.74. The summed E-state index contributed by atoms with van der Waals surface area (Å²) in [7, 11) is 0. The summed E-state index contributed by atoms with van der Waals surface area (Å²) >= 11 is 3.32. The van der Waals surface area contributed by atoms with E-state index < -0.39 is 0 Å². The van der Waals surface area contributed by atoms with Crippen LogP contribution in [0.1, 0.15) is 39.2 Å². The van der Waals surface area contributed by atoms with Gasteiger partial charge in [-0.05, 0) is 38.5 Å². The maximum absolute atomic E-state index is 12.0. The summed E-state index contributed by atoms with van der Waals surface area (Å²) < 4.78 is 0.841. The Morgan fingerprint density at radius 3 is 2.75 bits per heavy atom. The molecule has 5 heteroatoms. The first-order valence-corrected chi connectivity index (χ1v) is 7.53. The van der Waals surface area contributed by atoms with Crippen LogP contribution in [0.4, 0.5) is 5.69 Å². The Balaban J connectivity index is 2.69. The molecule has 0 aliphatic heterocycles. The molecule has 0 bridgehead atoms. The largest absolute Gasteiger partial charge is 0.373 e. The van der Waals surface area contributed by atoms with Gasteiger partial charge in [-0.3, -0.25) is 4.79 Å². The number of nitrogens with one attached hydrogen (secondary N) is 2. The van der Waals surface area contributed by atoms with Crippen LogP contribution in [0.3, 0.4) is 0 Å². The van der Waals surface area contributed by atoms with Crippen LogP contribution in [0.15, 0.2) is 22.7 Å². The van der Waals surface area contributed by atoms with Crippen molar-refractivity contribution in [2.75, 3.05) is 5.32 Å². The van der Waals surface area contributed by atoms with Crippen molar-refractivity contribution < 1.29 is 4.79 Å². The van der Waals surface area contributed by atoms with Crippen molar-refractivity contribution >= 4 is 27.5 Å². The van der Waals surface area contributed by atoms with Gasteiger partial charge in [0, 0.05) is 10.5 Å². The number of benzene rings is 1. The molecule has 0 saturated carbocycles. The fourth-order valence-corrected chi connectivity index (χ4v) is 2.27. The third-order valence-electron chi connectivity index (χ3n) is 2.98. The molecule has 1 amide bonds. The van der Waals surface area contributed by atoms with E-state index in [2.05, 4.69) is 39.6 Å². The van der Waals surface area contributed by atoms with Crippen LogP contribution in [0.25, 0.3) is 0 Å². The number of hydrogen-bond acceptors (Lipinski definition) is 3. The zero-order valence-corrected chi connectivity index (χ0v) is 13.6. The Bertz CT molecular complexity index is 510. The fourth-order valence-electron chi connectivity index (χ4n) is 1.91. The maximum atomic E-state index is 12.0.